The van der Waals surface area contributed by atoms with Crippen LogP contribution in [0.1, 0.15) is 58.8 Å². The Hall–Kier alpha value is -1.59. The number of aromatic nitrogens is 3. The zero-order valence-electron chi connectivity index (χ0n) is 14.7. The highest BCUT2D eigenvalue weighted by Crippen LogP contribution is 2.41. The van der Waals surface area contributed by atoms with Gasteiger partial charge in [-0.15, -0.1) is 10.2 Å². The molecule has 130 valence electrons. The summed E-state index contributed by atoms with van der Waals surface area (Å²) in [5, 5.41) is 14.5. The van der Waals surface area contributed by atoms with Gasteiger partial charge >= 0.3 is 0 Å². The molecule has 0 aliphatic heterocycles. The molecule has 0 saturated heterocycles. The van der Waals surface area contributed by atoms with Crippen molar-refractivity contribution in [1.29, 1.82) is 0 Å². The van der Waals surface area contributed by atoms with Gasteiger partial charge in [-0.1, -0.05) is 19.8 Å². The Morgan fingerprint density at radius 1 is 1.13 bits per heavy atom. The number of aryl methyl sites for hydroxylation is 1. The predicted molar refractivity (Wildman–Crippen MR) is 94.4 cm³/mol. The highest BCUT2D eigenvalue weighted by molar-refractivity contribution is 5.79. The summed E-state index contributed by atoms with van der Waals surface area (Å²) in [7, 11) is 0. The van der Waals surface area contributed by atoms with Gasteiger partial charge in [-0.25, -0.2) is 0 Å². The third-order valence-corrected chi connectivity index (χ3v) is 4.93. The second kappa shape index (κ2) is 9.53. The normalized spacial score (nSPS) is 17.4. The van der Waals surface area contributed by atoms with E-state index in [2.05, 4.69) is 34.7 Å². The molecule has 0 bridgehead atoms. The Balaban J connectivity index is 1.70. The van der Waals surface area contributed by atoms with Crippen LogP contribution in [0.4, 0.5) is 0 Å². The molecule has 0 spiro atoms. The minimum Gasteiger partial charge on any atom is -0.357 e. The quantitative estimate of drug-likeness (QED) is 0.417. The van der Waals surface area contributed by atoms with Gasteiger partial charge in [0, 0.05) is 26.2 Å². The fourth-order valence-electron chi connectivity index (χ4n) is 3.30. The van der Waals surface area contributed by atoms with Crippen LogP contribution >= 0.6 is 0 Å². The molecule has 6 nitrogen and oxygen atoms in total. The Kier molecular flexibility index (Phi) is 7.36. The summed E-state index contributed by atoms with van der Waals surface area (Å²) in [5.41, 5.74) is 0.455. The van der Waals surface area contributed by atoms with Crippen molar-refractivity contribution in [3.8, 4) is 0 Å². The van der Waals surface area contributed by atoms with Crippen molar-refractivity contribution in [1.82, 2.24) is 25.4 Å². The predicted octanol–water partition coefficient (Wildman–Crippen LogP) is 2.58. The lowest BCUT2D eigenvalue weighted by atomic mass is 9.84. The third kappa shape index (κ3) is 5.84. The molecule has 2 N–H and O–H groups in total. The zero-order chi connectivity index (χ0) is 16.4. The van der Waals surface area contributed by atoms with E-state index in [-0.39, 0.29) is 0 Å². The van der Waals surface area contributed by atoms with Gasteiger partial charge in [0.1, 0.15) is 12.7 Å². The summed E-state index contributed by atoms with van der Waals surface area (Å²) in [6.07, 6.45) is 12.4. The van der Waals surface area contributed by atoms with Gasteiger partial charge < -0.3 is 15.2 Å². The number of nitrogens with one attached hydrogen (secondary N) is 2. The molecule has 0 unspecified atom stereocenters. The van der Waals surface area contributed by atoms with Gasteiger partial charge in [0.25, 0.3) is 0 Å². The molecule has 1 aliphatic carbocycles. The van der Waals surface area contributed by atoms with Gasteiger partial charge in [0.2, 0.25) is 0 Å². The highest BCUT2D eigenvalue weighted by Gasteiger charge is 2.31. The molecule has 23 heavy (non-hydrogen) atoms. The van der Waals surface area contributed by atoms with Crippen LogP contribution in [0.3, 0.4) is 0 Å². The van der Waals surface area contributed by atoms with E-state index in [1.165, 1.54) is 32.1 Å². The molecule has 1 fully saturated rings. The molecule has 0 amide bonds. The first-order chi connectivity index (χ1) is 11.3. The second-order valence-corrected chi connectivity index (χ2v) is 6.59. The van der Waals surface area contributed by atoms with E-state index in [9.17, 15) is 0 Å². The lowest BCUT2D eigenvalue weighted by Crippen LogP contribution is -2.38. The van der Waals surface area contributed by atoms with Crippen LogP contribution in [0.5, 0.6) is 0 Å². The van der Waals surface area contributed by atoms with Crippen LogP contribution in [-0.4, -0.2) is 40.4 Å². The standard InChI is InChI=1S/C17H32N6/c1-3-17(9-5-6-10-17)13-20-16(18-4-2)19-11-7-8-12-23-14-21-22-15-23/h14-15H,3-13H2,1-2H3,(H2,18,19,20). The molecule has 0 radical (unpaired) electrons. The molecule has 1 aromatic heterocycles. The first kappa shape index (κ1) is 17.8. The van der Waals surface area contributed by atoms with E-state index < -0.39 is 0 Å². The minimum atomic E-state index is 0.455. The van der Waals surface area contributed by atoms with E-state index in [0.29, 0.717) is 5.41 Å². The highest BCUT2D eigenvalue weighted by atomic mass is 15.2. The summed E-state index contributed by atoms with van der Waals surface area (Å²) in [4.78, 5) is 4.86. The molecule has 1 aliphatic rings. The van der Waals surface area contributed by atoms with Crippen molar-refractivity contribution in [3.05, 3.63) is 12.7 Å². The van der Waals surface area contributed by atoms with E-state index in [4.69, 9.17) is 4.99 Å². The first-order valence-electron chi connectivity index (χ1n) is 9.12. The topological polar surface area (TPSA) is 67.1 Å². The molecule has 0 atom stereocenters. The van der Waals surface area contributed by atoms with Crippen molar-refractivity contribution < 1.29 is 0 Å². The van der Waals surface area contributed by atoms with Crippen LogP contribution in [0.2, 0.25) is 0 Å². The van der Waals surface area contributed by atoms with Crippen molar-refractivity contribution >= 4 is 5.96 Å². The van der Waals surface area contributed by atoms with Crippen LogP contribution in [0.25, 0.3) is 0 Å². The Bertz CT molecular complexity index is 448. The summed E-state index contributed by atoms with van der Waals surface area (Å²) in [6, 6.07) is 0. The van der Waals surface area contributed by atoms with E-state index >= 15 is 0 Å². The van der Waals surface area contributed by atoms with Gasteiger partial charge in [0.15, 0.2) is 5.96 Å². The number of hydrogen-bond acceptors (Lipinski definition) is 3. The molecule has 1 saturated carbocycles. The largest absolute Gasteiger partial charge is 0.357 e. The van der Waals surface area contributed by atoms with Crippen LogP contribution in [0.15, 0.2) is 17.6 Å². The van der Waals surface area contributed by atoms with Crippen molar-refractivity contribution in [2.75, 3.05) is 19.6 Å². The lowest BCUT2D eigenvalue weighted by molar-refractivity contribution is 0.297. The molecular weight excluding hydrogens is 288 g/mol. The lowest BCUT2D eigenvalue weighted by Gasteiger charge is -2.25. The van der Waals surface area contributed by atoms with Crippen LogP contribution < -0.4 is 10.6 Å². The summed E-state index contributed by atoms with van der Waals surface area (Å²) < 4.78 is 2.02. The van der Waals surface area contributed by atoms with E-state index in [1.54, 1.807) is 12.7 Å². The number of nitrogens with zero attached hydrogens (tertiary/aromatic N) is 4. The Morgan fingerprint density at radius 2 is 1.87 bits per heavy atom. The maximum Gasteiger partial charge on any atom is 0.191 e. The smallest absolute Gasteiger partial charge is 0.191 e. The Labute approximate surface area is 140 Å². The molecule has 6 heteroatoms. The van der Waals surface area contributed by atoms with Crippen molar-refractivity contribution in [2.24, 2.45) is 10.4 Å². The van der Waals surface area contributed by atoms with E-state index in [1.807, 2.05) is 4.57 Å². The maximum atomic E-state index is 4.86. The SMILES string of the molecule is CCNC(=NCC1(CC)CCCC1)NCCCCn1cnnc1. The summed E-state index contributed by atoms with van der Waals surface area (Å²) >= 11 is 0. The van der Waals surface area contributed by atoms with Gasteiger partial charge in [-0.3, -0.25) is 4.99 Å². The summed E-state index contributed by atoms with van der Waals surface area (Å²) in [5.74, 6) is 0.969. The number of unbranched alkanes of at least 4 members (excludes halogenated alkanes) is 1. The van der Waals surface area contributed by atoms with Crippen LogP contribution in [-0.2, 0) is 6.54 Å². The second-order valence-electron chi connectivity index (χ2n) is 6.59. The molecule has 2 rings (SSSR count). The first-order valence-corrected chi connectivity index (χ1v) is 9.12. The number of aliphatic imine (C=N–C) groups is 1. The number of guanidine groups is 1. The fourth-order valence-corrected chi connectivity index (χ4v) is 3.30. The third-order valence-electron chi connectivity index (χ3n) is 4.93. The Morgan fingerprint density at radius 3 is 2.52 bits per heavy atom. The van der Waals surface area contributed by atoms with Crippen LogP contribution in [0, 0.1) is 5.41 Å². The molecule has 1 heterocycles. The molecule has 1 aromatic rings. The van der Waals surface area contributed by atoms with Crippen molar-refractivity contribution in [2.45, 2.75) is 65.3 Å². The molecular formula is C17H32N6. The monoisotopic (exact) mass is 320 g/mol. The van der Waals surface area contributed by atoms with Crippen molar-refractivity contribution in [3.63, 3.8) is 0 Å². The van der Waals surface area contributed by atoms with Gasteiger partial charge in [-0.05, 0) is 44.4 Å². The van der Waals surface area contributed by atoms with Gasteiger partial charge in [0.05, 0.1) is 0 Å². The molecule has 0 aromatic carbocycles. The maximum absolute atomic E-state index is 4.86. The van der Waals surface area contributed by atoms with E-state index in [0.717, 1.165) is 45.0 Å². The number of rotatable bonds is 9. The fraction of sp³-hybridized carbons (Fsp3) is 0.824. The average molecular weight is 320 g/mol. The van der Waals surface area contributed by atoms with Gasteiger partial charge in [-0.2, -0.15) is 0 Å². The average Bonchev–Trinajstić information content (AvgIpc) is 3.24. The zero-order valence-corrected chi connectivity index (χ0v) is 14.7. The summed E-state index contributed by atoms with van der Waals surface area (Å²) in [6.45, 7) is 8.22. The number of hydrogen-bond donors (Lipinski definition) is 2. The minimum absolute atomic E-state index is 0.455.